The Morgan fingerprint density at radius 2 is 2.00 bits per heavy atom. The van der Waals surface area contributed by atoms with Crippen molar-refractivity contribution in [2.24, 2.45) is 0 Å². The van der Waals surface area contributed by atoms with Crippen LogP contribution in [0.3, 0.4) is 0 Å². The van der Waals surface area contributed by atoms with Gasteiger partial charge in [0, 0.05) is 17.3 Å². The van der Waals surface area contributed by atoms with Gasteiger partial charge in [-0.1, -0.05) is 12.1 Å². The van der Waals surface area contributed by atoms with E-state index in [1.54, 1.807) is 18.2 Å². The fraction of sp³-hybridized carbons (Fsp3) is 0. The van der Waals surface area contributed by atoms with Crippen LogP contribution in [0, 0.1) is 5.41 Å². The Balaban J connectivity index is 3.30. The van der Waals surface area contributed by atoms with Crippen molar-refractivity contribution in [1.82, 2.24) is 0 Å². The van der Waals surface area contributed by atoms with Crippen LogP contribution in [-0.2, 0) is 0 Å². The molecular formula is C8H8N2O. The minimum atomic E-state index is 0.373. The second-order valence-corrected chi connectivity index (χ2v) is 2.11. The largest absolute Gasteiger partial charge is 0.398 e. The number of benzene rings is 1. The van der Waals surface area contributed by atoms with Crippen molar-refractivity contribution in [3.63, 3.8) is 0 Å². The van der Waals surface area contributed by atoms with E-state index in [4.69, 9.17) is 11.1 Å². The van der Waals surface area contributed by atoms with Crippen molar-refractivity contribution in [3.05, 3.63) is 29.3 Å². The van der Waals surface area contributed by atoms with E-state index in [0.29, 0.717) is 23.1 Å². The molecule has 0 heterocycles. The first kappa shape index (κ1) is 7.47. The van der Waals surface area contributed by atoms with Crippen LogP contribution < -0.4 is 5.73 Å². The summed E-state index contributed by atoms with van der Waals surface area (Å²) in [6.45, 7) is 0. The molecule has 0 aliphatic rings. The minimum absolute atomic E-state index is 0.373. The fourth-order valence-electron chi connectivity index (χ4n) is 0.830. The maximum absolute atomic E-state index is 10.3. The SMILES string of the molecule is N=Cc1cccc(C=O)c1N. The number of nitrogens with two attached hydrogens (primary N) is 1. The summed E-state index contributed by atoms with van der Waals surface area (Å²) in [6.07, 6.45) is 1.81. The number of para-hydroxylation sites is 1. The van der Waals surface area contributed by atoms with Crippen molar-refractivity contribution < 1.29 is 4.79 Å². The van der Waals surface area contributed by atoms with E-state index in [0.717, 1.165) is 6.21 Å². The molecule has 3 nitrogen and oxygen atoms in total. The molecule has 3 N–H and O–H groups in total. The average molecular weight is 148 g/mol. The van der Waals surface area contributed by atoms with Gasteiger partial charge in [-0.05, 0) is 6.07 Å². The van der Waals surface area contributed by atoms with E-state index < -0.39 is 0 Å². The highest BCUT2D eigenvalue weighted by Gasteiger charge is 1.99. The Morgan fingerprint density at radius 1 is 1.36 bits per heavy atom. The number of hydrogen-bond donors (Lipinski definition) is 2. The van der Waals surface area contributed by atoms with Crippen LogP contribution in [0.1, 0.15) is 15.9 Å². The lowest BCUT2D eigenvalue weighted by molar-refractivity contribution is 0.112. The fourth-order valence-corrected chi connectivity index (χ4v) is 0.830. The first-order valence-corrected chi connectivity index (χ1v) is 3.13. The lowest BCUT2D eigenvalue weighted by atomic mass is 10.1. The molecule has 0 bridgehead atoms. The van der Waals surface area contributed by atoms with Gasteiger partial charge < -0.3 is 11.1 Å². The lowest BCUT2D eigenvalue weighted by Gasteiger charge is -2.00. The summed E-state index contributed by atoms with van der Waals surface area (Å²) in [5.41, 5.74) is 6.91. The van der Waals surface area contributed by atoms with Gasteiger partial charge in [0.25, 0.3) is 0 Å². The van der Waals surface area contributed by atoms with Gasteiger partial charge in [-0.15, -0.1) is 0 Å². The molecule has 1 aromatic rings. The zero-order valence-corrected chi connectivity index (χ0v) is 5.87. The minimum Gasteiger partial charge on any atom is -0.398 e. The molecule has 0 aliphatic carbocycles. The smallest absolute Gasteiger partial charge is 0.152 e. The molecule has 0 aromatic heterocycles. The Hall–Kier alpha value is -1.64. The third-order valence-corrected chi connectivity index (χ3v) is 1.46. The van der Waals surface area contributed by atoms with Crippen molar-refractivity contribution in [3.8, 4) is 0 Å². The second-order valence-electron chi connectivity index (χ2n) is 2.11. The summed E-state index contributed by atoms with van der Waals surface area (Å²) in [5, 5.41) is 6.94. The summed E-state index contributed by atoms with van der Waals surface area (Å²) >= 11 is 0. The summed E-state index contributed by atoms with van der Waals surface area (Å²) in [4.78, 5) is 10.3. The Labute approximate surface area is 64.3 Å². The molecule has 3 heteroatoms. The zero-order chi connectivity index (χ0) is 8.27. The predicted octanol–water partition coefficient (Wildman–Crippen LogP) is 1.08. The van der Waals surface area contributed by atoms with E-state index in [9.17, 15) is 4.79 Å². The maximum Gasteiger partial charge on any atom is 0.152 e. The van der Waals surface area contributed by atoms with Crippen LogP contribution in [-0.4, -0.2) is 12.5 Å². The predicted molar refractivity (Wildman–Crippen MR) is 44.1 cm³/mol. The molecule has 0 spiro atoms. The van der Waals surface area contributed by atoms with Crippen molar-refractivity contribution in [2.45, 2.75) is 0 Å². The topological polar surface area (TPSA) is 66.9 Å². The van der Waals surface area contributed by atoms with E-state index in [2.05, 4.69) is 0 Å². The molecule has 0 radical (unpaired) electrons. The quantitative estimate of drug-likeness (QED) is 0.374. The molecule has 11 heavy (non-hydrogen) atoms. The number of anilines is 1. The number of aldehydes is 1. The first-order valence-electron chi connectivity index (χ1n) is 3.13. The number of hydrogen-bond acceptors (Lipinski definition) is 3. The number of carbonyl (C=O) groups excluding carboxylic acids is 1. The standard InChI is InChI=1S/C8H8N2O/c9-4-6-2-1-3-7(5-11)8(6)10/h1-5,9H,10H2. The molecule has 0 saturated heterocycles. The molecule has 1 rings (SSSR count). The van der Waals surface area contributed by atoms with Gasteiger partial charge in [-0.3, -0.25) is 4.79 Å². The van der Waals surface area contributed by atoms with Crippen molar-refractivity contribution in [2.75, 3.05) is 5.73 Å². The molecule has 0 fully saturated rings. The van der Waals surface area contributed by atoms with Gasteiger partial charge >= 0.3 is 0 Å². The molecular weight excluding hydrogens is 140 g/mol. The average Bonchev–Trinajstić information content (AvgIpc) is 2.05. The highest BCUT2D eigenvalue weighted by Crippen LogP contribution is 2.12. The molecule has 0 unspecified atom stereocenters. The van der Waals surface area contributed by atoms with Crippen molar-refractivity contribution in [1.29, 1.82) is 5.41 Å². The molecule has 1 aromatic carbocycles. The molecule has 0 amide bonds. The molecule has 0 saturated carbocycles. The third kappa shape index (κ3) is 1.26. The van der Waals surface area contributed by atoms with Gasteiger partial charge in [0.05, 0.1) is 5.69 Å². The summed E-state index contributed by atoms with van der Waals surface area (Å²) in [6, 6.07) is 5.01. The summed E-state index contributed by atoms with van der Waals surface area (Å²) in [7, 11) is 0. The van der Waals surface area contributed by atoms with E-state index in [-0.39, 0.29) is 0 Å². The zero-order valence-electron chi connectivity index (χ0n) is 5.87. The highest BCUT2D eigenvalue weighted by atomic mass is 16.1. The van der Waals surface area contributed by atoms with Gasteiger partial charge in [-0.2, -0.15) is 0 Å². The normalized spacial score (nSPS) is 9.09. The Bertz CT molecular complexity index is 268. The van der Waals surface area contributed by atoms with Crippen LogP contribution in [0.5, 0.6) is 0 Å². The maximum atomic E-state index is 10.3. The summed E-state index contributed by atoms with van der Waals surface area (Å²) in [5.74, 6) is 0. The number of rotatable bonds is 2. The van der Waals surface area contributed by atoms with Gasteiger partial charge in [0.1, 0.15) is 0 Å². The third-order valence-electron chi connectivity index (χ3n) is 1.46. The lowest BCUT2D eigenvalue weighted by Crippen LogP contribution is -1.97. The van der Waals surface area contributed by atoms with E-state index in [1.807, 2.05) is 0 Å². The Morgan fingerprint density at radius 3 is 2.55 bits per heavy atom. The van der Waals surface area contributed by atoms with Crippen molar-refractivity contribution >= 4 is 18.2 Å². The number of nitrogen functional groups attached to an aromatic ring is 1. The second kappa shape index (κ2) is 2.96. The van der Waals surface area contributed by atoms with Crippen LogP contribution in [0.15, 0.2) is 18.2 Å². The molecule has 0 atom stereocenters. The summed E-state index contributed by atoms with van der Waals surface area (Å²) < 4.78 is 0. The van der Waals surface area contributed by atoms with Gasteiger partial charge in [-0.25, -0.2) is 0 Å². The number of nitrogens with one attached hydrogen (secondary N) is 1. The van der Waals surface area contributed by atoms with Crippen LogP contribution in [0.2, 0.25) is 0 Å². The van der Waals surface area contributed by atoms with Crippen LogP contribution in [0.4, 0.5) is 5.69 Å². The van der Waals surface area contributed by atoms with Crippen LogP contribution in [0.25, 0.3) is 0 Å². The Kier molecular flexibility index (Phi) is 2.01. The van der Waals surface area contributed by atoms with E-state index >= 15 is 0 Å². The first-order chi connectivity index (χ1) is 5.29. The van der Waals surface area contributed by atoms with Crippen LogP contribution >= 0.6 is 0 Å². The van der Waals surface area contributed by atoms with Gasteiger partial charge in [0.2, 0.25) is 0 Å². The molecule has 56 valence electrons. The van der Waals surface area contributed by atoms with E-state index in [1.165, 1.54) is 0 Å². The monoisotopic (exact) mass is 148 g/mol. The number of carbonyl (C=O) groups is 1. The highest BCUT2D eigenvalue weighted by molar-refractivity contribution is 5.93. The molecule has 0 aliphatic heterocycles. The van der Waals surface area contributed by atoms with Gasteiger partial charge in [0.15, 0.2) is 6.29 Å².